The molecule has 3 rings (SSSR count). The average Bonchev–Trinajstić information content (AvgIpc) is 2.75. The van der Waals surface area contributed by atoms with Gasteiger partial charge in [0.25, 0.3) is 0 Å². The Bertz CT molecular complexity index is 551. The van der Waals surface area contributed by atoms with Gasteiger partial charge >= 0.3 is 0 Å². The van der Waals surface area contributed by atoms with E-state index in [9.17, 15) is 0 Å². The first kappa shape index (κ1) is 10.9. The Morgan fingerprint density at radius 1 is 1.47 bits per heavy atom. The molecule has 0 aromatic carbocycles. The zero-order valence-electron chi connectivity index (χ0n) is 9.39. The molecule has 0 amide bonds. The number of hydrogen-bond acceptors (Lipinski definition) is 4. The van der Waals surface area contributed by atoms with Crippen molar-refractivity contribution < 1.29 is 0 Å². The molecule has 6 heteroatoms. The number of hydrogen-bond donors (Lipinski definition) is 1. The Morgan fingerprint density at radius 2 is 2.35 bits per heavy atom. The monoisotopic (exact) mass is 293 g/mol. The van der Waals surface area contributed by atoms with Crippen molar-refractivity contribution in [3.8, 4) is 11.5 Å². The van der Waals surface area contributed by atoms with Gasteiger partial charge in [-0.05, 0) is 35.0 Å². The van der Waals surface area contributed by atoms with Gasteiger partial charge < -0.3 is 9.88 Å². The lowest BCUT2D eigenvalue weighted by Gasteiger charge is -2.21. The smallest absolute Gasteiger partial charge is 0.183 e. The first-order valence-electron chi connectivity index (χ1n) is 5.55. The minimum atomic E-state index is 0.243. The average molecular weight is 294 g/mol. The summed E-state index contributed by atoms with van der Waals surface area (Å²) in [6, 6.07) is 4.10. The van der Waals surface area contributed by atoms with E-state index in [0.29, 0.717) is 0 Å². The van der Waals surface area contributed by atoms with Crippen molar-refractivity contribution in [2.45, 2.75) is 19.5 Å². The van der Waals surface area contributed by atoms with Gasteiger partial charge in [0, 0.05) is 23.8 Å². The second-order valence-electron chi connectivity index (χ2n) is 4.04. The van der Waals surface area contributed by atoms with Gasteiger partial charge in [0.05, 0.1) is 6.04 Å². The molecule has 17 heavy (non-hydrogen) atoms. The summed E-state index contributed by atoms with van der Waals surface area (Å²) in [7, 11) is 0. The number of fused-ring (bicyclic) bond motifs is 1. The van der Waals surface area contributed by atoms with Crippen LogP contribution in [0.25, 0.3) is 11.5 Å². The van der Waals surface area contributed by atoms with Crippen molar-refractivity contribution in [3.63, 3.8) is 0 Å². The van der Waals surface area contributed by atoms with Crippen LogP contribution in [0.4, 0.5) is 0 Å². The molecule has 1 unspecified atom stereocenters. The molecule has 0 saturated carbocycles. The summed E-state index contributed by atoms with van der Waals surface area (Å²) < 4.78 is 3.08. The third-order valence-corrected chi connectivity index (χ3v) is 3.56. The van der Waals surface area contributed by atoms with Gasteiger partial charge in [-0.25, -0.2) is 0 Å². The van der Waals surface area contributed by atoms with Gasteiger partial charge in [0.15, 0.2) is 5.82 Å². The van der Waals surface area contributed by atoms with Crippen molar-refractivity contribution in [2.75, 3.05) is 6.54 Å². The molecule has 1 atom stereocenters. The summed E-state index contributed by atoms with van der Waals surface area (Å²) in [6.07, 6.45) is 1.77. The minimum Gasteiger partial charge on any atom is -0.307 e. The van der Waals surface area contributed by atoms with Crippen molar-refractivity contribution in [2.24, 2.45) is 0 Å². The molecule has 0 fully saturated rings. The Hall–Kier alpha value is -1.27. The van der Waals surface area contributed by atoms with Crippen LogP contribution in [-0.2, 0) is 6.54 Å². The van der Waals surface area contributed by atoms with Crippen molar-refractivity contribution in [1.29, 1.82) is 0 Å². The molecule has 1 aliphatic rings. The summed E-state index contributed by atoms with van der Waals surface area (Å²) in [5.74, 6) is 1.81. The van der Waals surface area contributed by atoms with E-state index in [-0.39, 0.29) is 6.04 Å². The standard InChI is InChI=1S/C11H12BrN5/c1-7-10-15-16-11(17(10)6-5-13-7)9-8(12)3-2-4-14-9/h2-4,7,13H,5-6H2,1H3. The van der Waals surface area contributed by atoms with Crippen LogP contribution in [0.5, 0.6) is 0 Å². The van der Waals surface area contributed by atoms with Crippen molar-refractivity contribution >= 4 is 15.9 Å². The zero-order chi connectivity index (χ0) is 11.8. The third-order valence-electron chi connectivity index (χ3n) is 2.92. The molecule has 0 radical (unpaired) electrons. The summed E-state index contributed by atoms with van der Waals surface area (Å²) in [5.41, 5.74) is 0.848. The van der Waals surface area contributed by atoms with E-state index in [2.05, 4.69) is 47.9 Å². The van der Waals surface area contributed by atoms with Gasteiger partial charge in [-0.1, -0.05) is 0 Å². The Balaban J connectivity index is 2.14. The van der Waals surface area contributed by atoms with Crippen LogP contribution in [0.1, 0.15) is 18.8 Å². The van der Waals surface area contributed by atoms with Crippen LogP contribution < -0.4 is 5.32 Å². The predicted octanol–water partition coefficient (Wildman–Crippen LogP) is 1.77. The number of nitrogens with one attached hydrogen (secondary N) is 1. The highest BCUT2D eigenvalue weighted by atomic mass is 79.9. The lowest BCUT2D eigenvalue weighted by Crippen LogP contribution is -2.32. The van der Waals surface area contributed by atoms with Crippen LogP contribution in [0.15, 0.2) is 22.8 Å². The maximum Gasteiger partial charge on any atom is 0.183 e. The second-order valence-corrected chi connectivity index (χ2v) is 4.90. The van der Waals surface area contributed by atoms with E-state index in [0.717, 1.165) is 34.9 Å². The Morgan fingerprint density at radius 3 is 3.18 bits per heavy atom. The summed E-state index contributed by atoms with van der Waals surface area (Å²) in [4.78, 5) is 4.36. The molecule has 1 aliphatic heterocycles. The molecular formula is C11H12BrN5. The lowest BCUT2D eigenvalue weighted by atomic mass is 10.2. The van der Waals surface area contributed by atoms with Gasteiger partial charge in [-0.3, -0.25) is 4.98 Å². The maximum absolute atomic E-state index is 4.36. The molecule has 1 N–H and O–H groups in total. The van der Waals surface area contributed by atoms with E-state index in [4.69, 9.17) is 0 Å². The molecule has 88 valence electrons. The quantitative estimate of drug-likeness (QED) is 0.871. The Kier molecular flexibility index (Phi) is 2.68. The van der Waals surface area contributed by atoms with Gasteiger partial charge in [-0.2, -0.15) is 0 Å². The minimum absolute atomic E-state index is 0.243. The van der Waals surface area contributed by atoms with Gasteiger partial charge in [0.1, 0.15) is 11.5 Å². The number of aromatic nitrogens is 4. The van der Waals surface area contributed by atoms with Crippen LogP contribution in [-0.4, -0.2) is 26.3 Å². The maximum atomic E-state index is 4.36. The zero-order valence-corrected chi connectivity index (χ0v) is 11.0. The van der Waals surface area contributed by atoms with E-state index < -0.39 is 0 Å². The normalized spacial score (nSPS) is 19.1. The fourth-order valence-electron chi connectivity index (χ4n) is 2.07. The lowest BCUT2D eigenvalue weighted by molar-refractivity contribution is 0.438. The van der Waals surface area contributed by atoms with E-state index in [1.54, 1.807) is 6.20 Å². The fraction of sp³-hybridized carbons (Fsp3) is 0.364. The van der Waals surface area contributed by atoms with Gasteiger partial charge in [0.2, 0.25) is 0 Å². The molecule has 2 aromatic heterocycles. The van der Waals surface area contributed by atoms with Crippen LogP contribution in [0.2, 0.25) is 0 Å². The third kappa shape index (κ3) is 1.77. The highest BCUT2D eigenvalue weighted by Crippen LogP contribution is 2.27. The first-order valence-corrected chi connectivity index (χ1v) is 6.34. The molecule has 0 bridgehead atoms. The van der Waals surface area contributed by atoms with Gasteiger partial charge in [-0.15, -0.1) is 10.2 Å². The number of rotatable bonds is 1. The Labute approximate surface area is 107 Å². The summed E-state index contributed by atoms with van der Waals surface area (Å²) >= 11 is 3.50. The molecule has 5 nitrogen and oxygen atoms in total. The molecule has 0 spiro atoms. The molecule has 0 aliphatic carbocycles. The second kappa shape index (κ2) is 4.19. The van der Waals surface area contributed by atoms with Crippen LogP contribution >= 0.6 is 15.9 Å². The first-order chi connectivity index (χ1) is 8.27. The van der Waals surface area contributed by atoms with Crippen LogP contribution in [0, 0.1) is 0 Å². The topological polar surface area (TPSA) is 55.6 Å². The van der Waals surface area contributed by atoms with Crippen LogP contribution in [0.3, 0.4) is 0 Å². The van der Waals surface area contributed by atoms with E-state index in [1.807, 2.05) is 12.1 Å². The van der Waals surface area contributed by atoms with E-state index >= 15 is 0 Å². The highest BCUT2D eigenvalue weighted by molar-refractivity contribution is 9.10. The highest BCUT2D eigenvalue weighted by Gasteiger charge is 2.23. The largest absolute Gasteiger partial charge is 0.307 e. The van der Waals surface area contributed by atoms with E-state index in [1.165, 1.54) is 0 Å². The van der Waals surface area contributed by atoms with Crippen molar-refractivity contribution in [3.05, 3.63) is 28.6 Å². The molecule has 2 aromatic rings. The SMILES string of the molecule is CC1NCCn2c(-c3ncccc3Br)nnc21. The predicted molar refractivity (Wildman–Crippen MR) is 67.4 cm³/mol. The number of nitrogens with zero attached hydrogens (tertiary/aromatic N) is 4. The number of pyridine rings is 1. The summed E-state index contributed by atoms with van der Waals surface area (Å²) in [6.45, 7) is 3.91. The molecule has 3 heterocycles. The van der Waals surface area contributed by atoms with Crippen molar-refractivity contribution in [1.82, 2.24) is 25.1 Å². The number of halogens is 1. The molecule has 0 saturated heterocycles. The fourth-order valence-corrected chi connectivity index (χ4v) is 2.50. The summed E-state index contributed by atoms with van der Waals surface area (Å²) in [5, 5.41) is 11.9. The molecular weight excluding hydrogens is 282 g/mol.